The summed E-state index contributed by atoms with van der Waals surface area (Å²) in [5.74, 6) is 1.63. The smallest absolute Gasteiger partial charge is 0.129 e. The maximum atomic E-state index is 10.7. The van der Waals surface area contributed by atoms with Crippen LogP contribution in [-0.2, 0) is 4.79 Å². The predicted molar refractivity (Wildman–Crippen MR) is 84.9 cm³/mol. The van der Waals surface area contributed by atoms with Crippen LogP contribution in [0.15, 0.2) is 0 Å². The lowest BCUT2D eigenvalue weighted by Crippen LogP contribution is -2.15. The Labute approximate surface area is 116 Å². The van der Waals surface area contributed by atoms with Crippen LogP contribution >= 0.6 is 21.6 Å². The lowest BCUT2D eigenvalue weighted by atomic mass is 9.99. The number of hydrogen-bond donors (Lipinski definition) is 0. The number of rotatable bonds is 5. The third-order valence-electron chi connectivity index (χ3n) is 2.46. The van der Waals surface area contributed by atoms with Crippen molar-refractivity contribution in [3.63, 3.8) is 0 Å². The van der Waals surface area contributed by atoms with Gasteiger partial charge in [-0.2, -0.15) is 0 Å². The van der Waals surface area contributed by atoms with Crippen LogP contribution in [-0.4, -0.2) is 16.3 Å². The number of unbranched alkanes of at least 4 members (excludes halogenated alkanes) is 1. The quantitative estimate of drug-likeness (QED) is 0.472. The van der Waals surface area contributed by atoms with Crippen molar-refractivity contribution < 1.29 is 4.79 Å². The van der Waals surface area contributed by atoms with E-state index in [0.29, 0.717) is 10.5 Å². The summed E-state index contributed by atoms with van der Waals surface area (Å²) in [6, 6.07) is 0. The van der Waals surface area contributed by atoms with E-state index < -0.39 is 0 Å². The summed E-state index contributed by atoms with van der Waals surface area (Å²) >= 11 is 0. The average Bonchev–Trinajstić information content (AvgIpc) is 2.77. The zero-order valence-corrected chi connectivity index (χ0v) is 14.1. The minimum absolute atomic E-state index is 0.332. The monoisotopic (exact) mass is 278 g/mol. The number of ketones is 1. The van der Waals surface area contributed by atoms with Gasteiger partial charge in [-0.15, -0.1) is 0 Å². The fourth-order valence-electron chi connectivity index (χ4n) is 1.52. The van der Waals surface area contributed by atoms with E-state index in [4.69, 9.17) is 0 Å². The van der Waals surface area contributed by atoms with Crippen LogP contribution in [0.5, 0.6) is 0 Å². The summed E-state index contributed by atoms with van der Waals surface area (Å²) in [5.41, 5.74) is 0. The summed E-state index contributed by atoms with van der Waals surface area (Å²) in [6.07, 6.45) is 5.67. The predicted octanol–water partition coefficient (Wildman–Crippen LogP) is 5.73. The molecule has 0 N–H and O–H groups in total. The molecule has 0 aromatic rings. The highest BCUT2D eigenvalue weighted by Gasteiger charge is 2.29. The van der Waals surface area contributed by atoms with Crippen LogP contribution in [0.2, 0.25) is 0 Å². The van der Waals surface area contributed by atoms with Crippen molar-refractivity contribution >= 4 is 27.4 Å². The second-order valence-electron chi connectivity index (χ2n) is 4.01. The summed E-state index contributed by atoms with van der Waals surface area (Å²) in [5, 5.41) is 0. The zero-order chi connectivity index (χ0) is 13.7. The molecule has 0 aliphatic carbocycles. The zero-order valence-electron chi connectivity index (χ0n) is 12.5. The van der Waals surface area contributed by atoms with Gasteiger partial charge in [0.25, 0.3) is 0 Å². The molecule has 0 unspecified atom stereocenters. The lowest BCUT2D eigenvalue weighted by molar-refractivity contribution is -0.117. The molecule has 0 amide bonds. The van der Waals surface area contributed by atoms with Gasteiger partial charge < -0.3 is 4.79 Å². The van der Waals surface area contributed by atoms with Crippen molar-refractivity contribution in [3.05, 3.63) is 0 Å². The highest BCUT2D eigenvalue weighted by molar-refractivity contribution is 8.77. The van der Waals surface area contributed by atoms with Gasteiger partial charge in [-0.05, 0) is 33.1 Å². The Morgan fingerprint density at radius 3 is 2.18 bits per heavy atom. The van der Waals surface area contributed by atoms with Crippen LogP contribution < -0.4 is 0 Å². The van der Waals surface area contributed by atoms with E-state index >= 15 is 0 Å². The molecule has 0 spiro atoms. The highest BCUT2D eigenvalue weighted by atomic mass is 33.1. The molecular formula is C14H30OS2. The van der Waals surface area contributed by atoms with Crippen molar-refractivity contribution in [3.8, 4) is 0 Å². The fourth-order valence-corrected chi connectivity index (χ4v) is 4.82. The standard InChI is InChI=1S/C10H18OS2.2C2H6/c1-9(11)5-3-4-6-10(2)7-8-12-13-10;2*1-2/h3-8H2,1-2H3;2*1-2H3/t10-;;/m1../s1. The van der Waals surface area contributed by atoms with Crippen molar-refractivity contribution in [1.29, 1.82) is 0 Å². The van der Waals surface area contributed by atoms with Crippen molar-refractivity contribution in [1.82, 2.24) is 0 Å². The van der Waals surface area contributed by atoms with Crippen molar-refractivity contribution in [2.75, 3.05) is 5.75 Å². The van der Waals surface area contributed by atoms with Gasteiger partial charge in [-0.3, -0.25) is 0 Å². The first-order valence-corrected chi connectivity index (χ1v) is 9.24. The van der Waals surface area contributed by atoms with E-state index in [-0.39, 0.29) is 0 Å². The minimum atomic E-state index is 0.332. The molecule has 1 fully saturated rings. The molecule has 1 aliphatic rings. The van der Waals surface area contributed by atoms with E-state index in [1.165, 1.54) is 25.0 Å². The second kappa shape index (κ2) is 12.8. The molecule has 104 valence electrons. The molecule has 0 bridgehead atoms. The second-order valence-corrected chi connectivity index (χ2v) is 7.02. The molecule has 1 aliphatic heterocycles. The fraction of sp³-hybridized carbons (Fsp3) is 0.929. The number of Topliss-reactive ketones (excluding diaryl/α,β-unsaturated/α-hetero) is 1. The van der Waals surface area contributed by atoms with Gasteiger partial charge >= 0.3 is 0 Å². The van der Waals surface area contributed by atoms with Gasteiger partial charge in [0.2, 0.25) is 0 Å². The van der Waals surface area contributed by atoms with Gasteiger partial charge in [-0.25, -0.2) is 0 Å². The Kier molecular flexibility index (Phi) is 14.9. The molecule has 1 nitrogen and oxygen atoms in total. The Hall–Kier alpha value is 0.370. The minimum Gasteiger partial charge on any atom is -0.300 e. The van der Waals surface area contributed by atoms with Gasteiger partial charge in [0, 0.05) is 16.9 Å². The number of hydrogen-bond acceptors (Lipinski definition) is 3. The maximum absolute atomic E-state index is 10.7. The molecule has 0 saturated carbocycles. The summed E-state index contributed by atoms with van der Waals surface area (Å²) in [4.78, 5) is 10.7. The van der Waals surface area contributed by atoms with Crippen molar-refractivity contribution in [2.24, 2.45) is 0 Å². The van der Waals surface area contributed by atoms with Crippen LogP contribution in [0.3, 0.4) is 0 Å². The van der Waals surface area contributed by atoms with Crippen molar-refractivity contribution in [2.45, 2.75) is 78.4 Å². The number of carbonyl (C=O) groups is 1. The highest BCUT2D eigenvalue weighted by Crippen LogP contribution is 2.49. The Morgan fingerprint density at radius 2 is 1.76 bits per heavy atom. The van der Waals surface area contributed by atoms with Gasteiger partial charge in [0.1, 0.15) is 5.78 Å². The molecule has 1 heterocycles. The molecular weight excluding hydrogens is 248 g/mol. The van der Waals surface area contributed by atoms with Crippen LogP contribution in [0.25, 0.3) is 0 Å². The average molecular weight is 279 g/mol. The maximum Gasteiger partial charge on any atom is 0.129 e. The third-order valence-corrected chi connectivity index (χ3v) is 5.82. The summed E-state index contributed by atoms with van der Waals surface area (Å²) in [6.45, 7) is 12.0. The largest absolute Gasteiger partial charge is 0.300 e. The normalized spacial score (nSPS) is 22.0. The molecule has 0 aromatic carbocycles. The van der Waals surface area contributed by atoms with E-state index in [2.05, 4.69) is 6.92 Å². The first-order chi connectivity index (χ1) is 8.12. The van der Waals surface area contributed by atoms with Gasteiger partial charge in [0.15, 0.2) is 0 Å². The van der Waals surface area contributed by atoms with E-state index in [0.717, 1.165) is 12.8 Å². The van der Waals surface area contributed by atoms with Crippen LogP contribution in [0.4, 0.5) is 0 Å². The molecule has 0 aromatic heterocycles. The summed E-state index contributed by atoms with van der Waals surface area (Å²) < 4.78 is 0.501. The number of carbonyl (C=O) groups excluding carboxylic acids is 1. The Balaban J connectivity index is 0. The molecule has 3 heteroatoms. The Morgan fingerprint density at radius 1 is 1.18 bits per heavy atom. The Bertz CT molecular complexity index is 175. The van der Waals surface area contributed by atoms with Gasteiger partial charge in [0.05, 0.1) is 0 Å². The first kappa shape index (κ1) is 19.7. The van der Waals surface area contributed by atoms with E-state index in [1.54, 1.807) is 6.92 Å². The van der Waals surface area contributed by atoms with Gasteiger partial charge in [-0.1, -0.05) is 55.7 Å². The molecule has 17 heavy (non-hydrogen) atoms. The third kappa shape index (κ3) is 11.2. The van der Waals surface area contributed by atoms with E-state index in [9.17, 15) is 4.79 Å². The molecule has 1 atom stereocenters. The molecule has 0 radical (unpaired) electrons. The SMILES string of the molecule is CC.CC.CC(=O)CCCC[C@]1(C)CCSS1. The van der Waals surface area contributed by atoms with Crippen LogP contribution in [0.1, 0.15) is 73.6 Å². The van der Waals surface area contributed by atoms with Crippen LogP contribution in [0, 0.1) is 0 Å². The molecule has 1 rings (SSSR count). The lowest BCUT2D eigenvalue weighted by Gasteiger charge is -2.20. The van der Waals surface area contributed by atoms with E-state index in [1.807, 2.05) is 49.3 Å². The molecule has 1 saturated heterocycles. The topological polar surface area (TPSA) is 17.1 Å². The summed E-state index contributed by atoms with van der Waals surface area (Å²) in [7, 11) is 4.03. The first-order valence-electron chi connectivity index (χ1n) is 6.92.